The lowest BCUT2D eigenvalue weighted by Gasteiger charge is -2.31. The lowest BCUT2D eigenvalue weighted by molar-refractivity contribution is 0.0314. The highest BCUT2D eigenvalue weighted by atomic mass is 16.5. The minimum Gasteiger partial charge on any atom is -0.489 e. The molecule has 206 valence electrons. The molecule has 1 unspecified atom stereocenters. The van der Waals surface area contributed by atoms with E-state index in [0.717, 1.165) is 40.7 Å². The molecule has 2 aliphatic rings. The standard InChI is InChI=1S/C34H30N2O5/c37-31-28-15-12-24-8-4-5-9-27(24)32(28)41-33-29(31)30(36(34(33)38)17-16-35-18-20-39-21-19-35)25-10-13-26(14-11-25)40-22-23-6-2-1-3-7-23/h1-15,30H,16-22H2. The maximum absolute atomic E-state index is 14.1. The lowest BCUT2D eigenvalue weighted by atomic mass is 9.97. The Balaban J connectivity index is 1.27. The van der Waals surface area contributed by atoms with Gasteiger partial charge in [-0.3, -0.25) is 14.5 Å². The molecule has 0 spiro atoms. The van der Waals surface area contributed by atoms with Crippen molar-refractivity contribution in [1.82, 2.24) is 9.80 Å². The molecule has 41 heavy (non-hydrogen) atoms. The van der Waals surface area contributed by atoms with Crippen LogP contribution >= 0.6 is 0 Å². The Labute approximate surface area is 237 Å². The van der Waals surface area contributed by atoms with E-state index in [1.807, 2.05) is 91.0 Å². The highest BCUT2D eigenvalue weighted by Gasteiger charge is 2.42. The predicted octanol–water partition coefficient (Wildman–Crippen LogP) is 5.40. The van der Waals surface area contributed by atoms with E-state index in [2.05, 4.69) is 4.90 Å². The normalized spacial score (nSPS) is 17.3. The topological polar surface area (TPSA) is 72.2 Å². The van der Waals surface area contributed by atoms with Gasteiger partial charge in [-0.1, -0.05) is 72.8 Å². The van der Waals surface area contributed by atoms with Gasteiger partial charge >= 0.3 is 0 Å². The number of rotatable bonds is 7. The molecule has 0 bridgehead atoms. The van der Waals surface area contributed by atoms with E-state index in [9.17, 15) is 9.59 Å². The van der Waals surface area contributed by atoms with Crippen molar-refractivity contribution in [2.24, 2.45) is 0 Å². The third-order valence-electron chi connectivity index (χ3n) is 8.06. The number of amides is 1. The molecule has 1 aromatic heterocycles. The molecule has 7 nitrogen and oxygen atoms in total. The van der Waals surface area contributed by atoms with Crippen molar-refractivity contribution >= 4 is 27.6 Å². The maximum Gasteiger partial charge on any atom is 0.290 e. The number of nitrogens with zero attached hydrogens (tertiary/aromatic N) is 2. The first-order chi connectivity index (χ1) is 20.2. The molecule has 0 saturated carbocycles. The van der Waals surface area contributed by atoms with Gasteiger partial charge in [-0.05, 0) is 34.7 Å². The Bertz CT molecular complexity index is 1780. The van der Waals surface area contributed by atoms with E-state index >= 15 is 0 Å². The zero-order chi connectivity index (χ0) is 27.8. The monoisotopic (exact) mass is 546 g/mol. The fraction of sp³-hybridized carbons (Fsp3) is 0.235. The summed E-state index contributed by atoms with van der Waals surface area (Å²) < 4.78 is 17.8. The van der Waals surface area contributed by atoms with E-state index in [1.165, 1.54) is 0 Å². The predicted molar refractivity (Wildman–Crippen MR) is 157 cm³/mol. The summed E-state index contributed by atoms with van der Waals surface area (Å²) >= 11 is 0. The van der Waals surface area contributed by atoms with Crippen molar-refractivity contribution in [3.63, 3.8) is 0 Å². The van der Waals surface area contributed by atoms with Crippen LogP contribution in [0.5, 0.6) is 5.75 Å². The molecule has 5 aromatic rings. The maximum atomic E-state index is 14.1. The van der Waals surface area contributed by atoms with Crippen LogP contribution in [0.3, 0.4) is 0 Å². The molecule has 1 atom stereocenters. The van der Waals surface area contributed by atoms with Gasteiger partial charge < -0.3 is 18.8 Å². The van der Waals surface area contributed by atoms with Gasteiger partial charge in [0.1, 0.15) is 17.9 Å². The van der Waals surface area contributed by atoms with E-state index in [-0.39, 0.29) is 17.1 Å². The number of hydrogen-bond acceptors (Lipinski definition) is 6. The molecule has 7 rings (SSSR count). The van der Waals surface area contributed by atoms with E-state index in [0.29, 0.717) is 49.4 Å². The van der Waals surface area contributed by atoms with Gasteiger partial charge in [-0.15, -0.1) is 0 Å². The van der Waals surface area contributed by atoms with Crippen molar-refractivity contribution in [2.45, 2.75) is 12.6 Å². The molecular weight excluding hydrogens is 516 g/mol. The molecule has 3 heterocycles. The van der Waals surface area contributed by atoms with Gasteiger partial charge in [0.05, 0.1) is 30.2 Å². The van der Waals surface area contributed by atoms with E-state index in [1.54, 1.807) is 4.90 Å². The summed E-state index contributed by atoms with van der Waals surface area (Å²) in [4.78, 5) is 32.1. The van der Waals surface area contributed by atoms with Crippen LogP contribution in [0.15, 0.2) is 100 Å². The van der Waals surface area contributed by atoms with Crippen LogP contribution in [-0.4, -0.2) is 55.1 Å². The quantitative estimate of drug-likeness (QED) is 0.255. The second-order valence-electron chi connectivity index (χ2n) is 10.5. The second kappa shape index (κ2) is 10.8. The number of hydrogen-bond donors (Lipinski definition) is 0. The summed E-state index contributed by atoms with van der Waals surface area (Å²) in [5.41, 5.74) is 2.62. The lowest BCUT2D eigenvalue weighted by Crippen LogP contribution is -2.42. The second-order valence-corrected chi connectivity index (χ2v) is 10.5. The molecule has 1 fully saturated rings. The van der Waals surface area contributed by atoms with Crippen molar-refractivity contribution in [1.29, 1.82) is 0 Å². The minimum absolute atomic E-state index is 0.134. The van der Waals surface area contributed by atoms with Crippen molar-refractivity contribution in [3.05, 3.63) is 124 Å². The molecule has 0 N–H and O–H groups in total. The summed E-state index contributed by atoms with van der Waals surface area (Å²) in [5, 5.41) is 2.26. The molecule has 1 amide bonds. The number of ether oxygens (including phenoxy) is 2. The fourth-order valence-electron chi connectivity index (χ4n) is 5.89. The summed E-state index contributed by atoms with van der Waals surface area (Å²) in [6.07, 6.45) is 0. The summed E-state index contributed by atoms with van der Waals surface area (Å²) in [6.45, 7) is 4.62. The van der Waals surface area contributed by atoms with Gasteiger partial charge in [0.2, 0.25) is 5.76 Å². The molecular formula is C34H30N2O5. The van der Waals surface area contributed by atoms with E-state index < -0.39 is 6.04 Å². The van der Waals surface area contributed by atoms with Gasteiger partial charge in [-0.25, -0.2) is 0 Å². The van der Waals surface area contributed by atoms with Crippen molar-refractivity contribution in [3.8, 4) is 5.75 Å². The van der Waals surface area contributed by atoms with Crippen LogP contribution < -0.4 is 10.2 Å². The smallest absolute Gasteiger partial charge is 0.290 e. The molecule has 4 aromatic carbocycles. The first-order valence-corrected chi connectivity index (χ1v) is 14.0. The average molecular weight is 547 g/mol. The van der Waals surface area contributed by atoms with Gasteiger partial charge in [-0.2, -0.15) is 0 Å². The third-order valence-corrected chi connectivity index (χ3v) is 8.06. The number of morpholine rings is 1. The van der Waals surface area contributed by atoms with Gasteiger partial charge in [0, 0.05) is 31.6 Å². The Hall–Kier alpha value is -4.46. The summed E-state index contributed by atoms with van der Waals surface area (Å²) in [6, 6.07) is 28.6. The van der Waals surface area contributed by atoms with Crippen molar-refractivity contribution in [2.75, 3.05) is 39.4 Å². The Morgan fingerprint density at radius 1 is 0.780 bits per heavy atom. The molecule has 0 radical (unpaired) electrons. The first-order valence-electron chi connectivity index (χ1n) is 14.0. The molecule has 1 saturated heterocycles. The van der Waals surface area contributed by atoms with Crippen LogP contribution in [0.4, 0.5) is 0 Å². The largest absolute Gasteiger partial charge is 0.489 e. The minimum atomic E-state index is -0.547. The zero-order valence-electron chi connectivity index (χ0n) is 22.6. The number of carbonyl (C=O) groups is 1. The van der Waals surface area contributed by atoms with Gasteiger partial charge in [0.15, 0.2) is 5.43 Å². The van der Waals surface area contributed by atoms with E-state index in [4.69, 9.17) is 13.9 Å². The zero-order valence-corrected chi connectivity index (χ0v) is 22.6. The highest BCUT2D eigenvalue weighted by Crippen LogP contribution is 2.39. The number of benzene rings is 4. The Morgan fingerprint density at radius 2 is 1.54 bits per heavy atom. The molecule has 7 heteroatoms. The highest BCUT2D eigenvalue weighted by molar-refractivity contribution is 6.06. The fourth-order valence-corrected chi connectivity index (χ4v) is 5.89. The summed E-state index contributed by atoms with van der Waals surface area (Å²) in [5.74, 6) is 0.601. The summed E-state index contributed by atoms with van der Waals surface area (Å²) in [7, 11) is 0. The average Bonchev–Trinajstić information content (AvgIpc) is 3.31. The van der Waals surface area contributed by atoms with Gasteiger partial charge in [0.25, 0.3) is 5.91 Å². The number of carbonyl (C=O) groups excluding carboxylic acids is 1. The molecule has 2 aliphatic heterocycles. The molecule has 0 aliphatic carbocycles. The SMILES string of the molecule is O=C1c2oc3c(ccc4ccccc43)c(=O)c2C(c2ccc(OCc3ccccc3)cc2)N1CCN1CCOCC1. The Morgan fingerprint density at radius 3 is 2.34 bits per heavy atom. The van der Waals surface area contributed by atoms with Crippen LogP contribution in [0.1, 0.15) is 33.3 Å². The first kappa shape index (κ1) is 25.5. The van der Waals surface area contributed by atoms with Crippen LogP contribution in [0.25, 0.3) is 21.7 Å². The van der Waals surface area contributed by atoms with Crippen molar-refractivity contribution < 1.29 is 18.7 Å². The van der Waals surface area contributed by atoms with Crippen LogP contribution in [-0.2, 0) is 11.3 Å². The third kappa shape index (κ3) is 4.77. The van der Waals surface area contributed by atoms with Crippen LogP contribution in [0.2, 0.25) is 0 Å². The Kier molecular flexibility index (Phi) is 6.74. The number of fused-ring (bicyclic) bond motifs is 4. The van der Waals surface area contributed by atoms with Crippen LogP contribution in [0, 0.1) is 0 Å².